The van der Waals surface area contributed by atoms with Crippen LogP contribution in [-0.2, 0) is 13.1 Å². The van der Waals surface area contributed by atoms with Gasteiger partial charge >= 0.3 is 0 Å². The summed E-state index contributed by atoms with van der Waals surface area (Å²) in [5.74, 6) is 2.22. The zero-order valence-corrected chi connectivity index (χ0v) is 14.3. The summed E-state index contributed by atoms with van der Waals surface area (Å²) in [6.45, 7) is 2.35. The average Bonchev–Trinajstić information content (AvgIpc) is 3.10. The van der Waals surface area contributed by atoms with E-state index in [0.717, 1.165) is 22.6 Å². The van der Waals surface area contributed by atoms with Gasteiger partial charge in [-0.15, -0.1) is 0 Å². The largest absolute Gasteiger partial charge is 0.486 e. The van der Waals surface area contributed by atoms with E-state index in [-0.39, 0.29) is 5.82 Å². The van der Waals surface area contributed by atoms with Crippen molar-refractivity contribution < 1.29 is 18.4 Å². The van der Waals surface area contributed by atoms with Gasteiger partial charge in [-0.3, -0.25) is 4.90 Å². The van der Waals surface area contributed by atoms with Crippen molar-refractivity contribution in [1.29, 1.82) is 0 Å². The van der Waals surface area contributed by atoms with E-state index >= 15 is 0 Å². The topological polar surface area (TPSA) is 60.6 Å². The van der Waals surface area contributed by atoms with Crippen molar-refractivity contribution in [3.8, 4) is 22.9 Å². The lowest BCUT2D eigenvalue weighted by Gasteiger charge is -2.20. The quantitative estimate of drug-likeness (QED) is 0.700. The van der Waals surface area contributed by atoms with Crippen molar-refractivity contribution in [2.24, 2.45) is 0 Å². The Balaban J connectivity index is 1.40. The molecule has 0 spiro atoms. The second-order valence-corrected chi connectivity index (χ2v) is 6.17. The molecule has 0 unspecified atom stereocenters. The van der Waals surface area contributed by atoms with Crippen LogP contribution in [0.1, 0.15) is 11.5 Å². The molecular formula is C19H18FN3O3. The first-order chi connectivity index (χ1) is 12.7. The number of hydrogen-bond donors (Lipinski definition) is 0. The van der Waals surface area contributed by atoms with E-state index < -0.39 is 0 Å². The van der Waals surface area contributed by atoms with Crippen molar-refractivity contribution >= 4 is 0 Å². The monoisotopic (exact) mass is 355 g/mol. The molecule has 2 aromatic carbocycles. The van der Waals surface area contributed by atoms with Crippen molar-refractivity contribution in [2.45, 2.75) is 13.1 Å². The molecule has 0 aliphatic carbocycles. The molecule has 0 N–H and O–H groups in total. The minimum atomic E-state index is -0.295. The van der Waals surface area contributed by atoms with Crippen molar-refractivity contribution in [3.63, 3.8) is 0 Å². The molecule has 7 heteroatoms. The maximum atomic E-state index is 13.0. The van der Waals surface area contributed by atoms with Gasteiger partial charge in [-0.1, -0.05) is 11.2 Å². The molecule has 1 aliphatic heterocycles. The Kier molecular flexibility index (Phi) is 4.53. The van der Waals surface area contributed by atoms with Gasteiger partial charge in [0.1, 0.15) is 19.0 Å². The Labute approximate surface area is 150 Å². The van der Waals surface area contributed by atoms with E-state index in [2.05, 4.69) is 15.0 Å². The minimum Gasteiger partial charge on any atom is -0.486 e. The maximum Gasteiger partial charge on any atom is 0.241 e. The Bertz CT molecular complexity index is 895. The first-order valence-electron chi connectivity index (χ1n) is 8.33. The van der Waals surface area contributed by atoms with Gasteiger partial charge in [-0.2, -0.15) is 4.98 Å². The fourth-order valence-electron chi connectivity index (χ4n) is 2.82. The number of halogens is 1. The molecule has 4 rings (SSSR count). The number of ether oxygens (including phenoxy) is 2. The number of fused-ring (bicyclic) bond motifs is 1. The van der Waals surface area contributed by atoms with E-state index in [4.69, 9.17) is 14.0 Å². The highest BCUT2D eigenvalue weighted by Gasteiger charge is 2.14. The molecule has 0 radical (unpaired) electrons. The molecule has 0 saturated heterocycles. The Hall–Kier alpha value is -2.93. The summed E-state index contributed by atoms with van der Waals surface area (Å²) in [5.41, 5.74) is 1.82. The molecule has 2 heterocycles. The van der Waals surface area contributed by atoms with E-state index in [9.17, 15) is 4.39 Å². The molecule has 0 atom stereocenters. The third-order valence-corrected chi connectivity index (χ3v) is 4.03. The molecule has 26 heavy (non-hydrogen) atoms. The fraction of sp³-hybridized carbons (Fsp3) is 0.263. The lowest BCUT2D eigenvalue weighted by Crippen LogP contribution is -2.18. The summed E-state index contributed by atoms with van der Waals surface area (Å²) in [6, 6.07) is 11.9. The summed E-state index contributed by atoms with van der Waals surface area (Å²) in [5, 5.41) is 3.96. The molecule has 0 saturated carbocycles. The van der Waals surface area contributed by atoms with Crippen LogP contribution in [0.3, 0.4) is 0 Å². The van der Waals surface area contributed by atoms with Crippen LogP contribution < -0.4 is 9.47 Å². The van der Waals surface area contributed by atoms with E-state index in [1.165, 1.54) is 12.1 Å². The maximum absolute atomic E-state index is 13.0. The van der Waals surface area contributed by atoms with Crippen LogP contribution in [0.15, 0.2) is 47.0 Å². The number of rotatable bonds is 5. The zero-order valence-electron chi connectivity index (χ0n) is 14.3. The number of aromatic nitrogens is 2. The third-order valence-electron chi connectivity index (χ3n) is 4.03. The second kappa shape index (κ2) is 7.13. The number of nitrogens with zero attached hydrogens (tertiary/aromatic N) is 3. The summed E-state index contributed by atoms with van der Waals surface area (Å²) >= 11 is 0. The summed E-state index contributed by atoms with van der Waals surface area (Å²) in [4.78, 5) is 6.44. The predicted octanol–water partition coefficient (Wildman–Crippen LogP) is 3.28. The molecular weight excluding hydrogens is 337 g/mol. The highest BCUT2D eigenvalue weighted by molar-refractivity contribution is 5.53. The highest BCUT2D eigenvalue weighted by Crippen LogP contribution is 2.31. The summed E-state index contributed by atoms with van der Waals surface area (Å²) in [7, 11) is 1.97. The third kappa shape index (κ3) is 3.67. The van der Waals surface area contributed by atoms with Crippen LogP contribution in [0.4, 0.5) is 4.39 Å². The normalized spacial score (nSPS) is 13.2. The molecule has 1 aliphatic rings. The molecule has 134 valence electrons. The van der Waals surface area contributed by atoms with E-state index in [1.54, 1.807) is 12.1 Å². The van der Waals surface area contributed by atoms with E-state index in [0.29, 0.717) is 38.0 Å². The van der Waals surface area contributed by atoms with E-state index in [1.807, 2.05) is 25.2 Å². The van der Waals surface area contributed by atoms with Crippen LogP contribution in [0.2, 0.25) is 0 Å². The van der Waals surface area contributed by atoms with Gasteiger partial charge in [-0.25, -0.2) is 4.39 Å². The standard InChI is InChI=1S/C19H18FN3O3/c1-23(11-13-2-7-16-17(10-13)25-9-8-24-16)12-18-21-19(22-26-18)14-3-5-15(20)6-4-14/h2-7,10H,8-9,11-12H2,1H3. The number of hydrogen-bond acceptors (Lipinski definition) is 6. The predicted molar refractivity (Wildman–Crippen MR) is 92.3 cm³/mol. The van der Waals surface area contributed by atoms with Crippen LogP contribution in [0.25, 0.3) is 11.4 Å². The van der Waals surface area contributed by atoms with Gasteiger partial charge in [-0.05, 0) is 49.0 Å². The Morgan fingerprint density at radius 1 is 1.00 bits per heavy atom. The molecule has 0 amide bonds. The molecule has 6 nitrogen and oxygen atoms in total. The fourth-order valence-corrected chi connectivity index (χ4v) is 2.82. The SMILES string of the molecule is CN(Cc1ccc2c(c1)OCCO2)Cc1nc(-c2ccc(F)cc2)no1. The van der Waals surface area contributed by atoms with Gasteiger partial charge in [0.25, 0.3) is 0 Å². The minimum absolute atomic E-state index is 0.295. The lowest BCUT2D eigenvalue weighted by molar-refractivity contribution is 0.171. The van der Waals surface area contributed by atoms with Gasteiger partial charge in [0.05, 0.1) is 6.54 Å². The highest BCUT2D eigenvalue weighted by atomic mass is 19.1. The molecule has 0 fully saturated rings. The van der Waals surface area contributed by atoms with Crippen LogP contribution in [-0.4, -0.2) is 35.3 Å². The second-order valence-electron chi connectivity index (χ2n) is 6.17. The van der Waals surface area contributed by atoms with Crippen LogP contribution in [0.5, 0.6) is 11.5 Å². The van der Waals surface area contributed by atoms with Gasteiger partial charge < -0.3 is 14.0 Å². The smallest absolute Gasteiger partial charge is 0.241 e. The van der Waals surface area contributed by atoms with Crippen molar-refractivity contribution in [3.05, 3.63) is 59.7 Å². The van der Waals surface area contributed by atoms with Gasteiger partial charge in [0.15, 0.2) is 11.5 Å². The lowest BCUT2D eigenvalue weighted by atomic mass is 10.2. The molecule has 0 bridgehead atoms. The average molecular weight is 355 g/mol. The Morgan fingerprint density at radius 3 is 2.58 bits per heavy atom. The van der Waals surface area contributed by atoms with Crippen LogP contribution >= 0.6 is 0 Å². The van der Waals surface area contributed by atoms with Gasteiger partial charge in [0, 0.05) is 12.1 Å². The van der Waals surface area contributed by atoms with Gasteiger partial charge in [0.2, 0.25) is 11.7 Å². The zero-order chi connectivity index (χ0) is 17.9. The Morgan fingerprint density at radius 2 is 1.77 bits per heavy atom. The van der Waals surface area contributed by atoms with Crippen molar-refractivity contribution in [2.75, 3.05) is 20.3 Å². The molecule has 1 aromatic heterocycles. The van der Waals surface area contributed by atoms with Crippen LogP contribution in [0, 0.1) is 5.82 Å². The summed E-state index contributed by atoms with van der Waals surface area (Å²) in [6.07, 6.45) is 0. The molecule has 3 aromatic rings. The van der Waals surface area contributed by atoms with Crippen molar-refractivity contribution in [1.82, 2.24) is 15.0 Å². The first kappa shape index (κ1) is 16.5. The first-order valence-corrected chi connectivity index (χ1v) is 8.33. The summed E-state index contributed by atoms with van der Waals surface area (Å²) < 4.78 is 29.5. The number of benzene rings is 2.